The maximum Gasteiger partial charge on any atom is 0.135 e. The van der Waals surface area contributed by atoms with Gasteiger partial charge in [0, 0.05) is 44.9 Å². The molecule has 9 aromatic rings. The lowest BCUT2D eigenvalue weighted by molar-refractivity contribution is 0.669. The van der Waals surface area contributed by atoms with Crippen molar-refractivity contribution in [3.63, 3.8) is 0 Å². The van der Waals surface area contributed by atoms with Crippen LogP contribution in [0.15, 0.2) is 211 Å². The van der Waals surface area contributed by atoms with Crippen LogP contribution in [0, 0.1) is 0 Å². The van der Waals surface area contributed by atoms with E-state index in [1.165, 1.54) is 0 Å². The summed E-state index contributed by atoms with van der Waals surface area (Å²) in [5.41, 5.74) is 13.1. The lowest BCUT2D eigenvalue weighted by Crippen LogP contribution is -2.09. The fourth-order valence-electron chi connectivity index (χ4n) is 6.95. The smallest absolute Gasteiger partial charge is 0.135 e. The predicted molar refractivity (Wildman–Crippen MR) is 214 cm³/mol. The molecule has 8 aromatic carbocycles. The van der Waals surface area contributed by atoms with Crippen LogP contribution in [0.2, 0.25) is 0 Å². The zero-order valence-corrected chi connectivity index (χ0v) is 27.9. The summed E-state index contributed by atoms with van der Waals surface area (Å²) in [6.07, 6.45) is 0. The van der Waals surface area contributed by atoms with E-state index >= 15 is 0 Å². The molecule has 0 unspecified atom stereocenters. The van der Waals surface area contributed by atoms with Crippen molar-refractivity contribution in [2.24, 2.45) is 0 Å². The average Bonchev–Trinajstić information content (AvgIpc) is 3.58. The molecule has 0 saturated carbocycles. The molecule has 242 valence electrons. The Morgan fingerprint density at radius 3 is 0.843 bits per heavy atom. The summed E-state index contributed by atoms with van der Waals surface area (Å²) in [6.45, 7) is 0. The third kappa shape index (κ3) is 5.92. The van der Waals surface area contributed by atoms with Crippen molar-refractivity contribution in [2.75, 3.05) is 9.80 Å². The molecule has 0 bridgehead atoms. The summed E-state index contributed by atoms with van der Waals surface area (Å²) >= 11 is 0. The molecule has 3 nitrogen and oxygen atoms in total. The monoisotopic (exact) mass is 654 g/mol. The van der Waals surface area contributed by atoms with Gasteiger partial charge in [0.2, 0.25) is 0 Å². The molecule has 1 heterocycles. The lowest BCUT2D eigenvalue weighted by atomic mass is 9.99. The summed E-state index contributed by atoms with van der Waals surface area (Å²) in [4.78, 5) is 4.57. The van der Waals surface area contributed by atoms with E-state index in [-0.39, 0.29) is 0 Å². The van der Waals surface area contributed by atoms with Gasteiger partial charge in [0.15, 0.2) is 0 Å². The fraction of sp³-hybridized carbons (Fsp3) is 0. The quantitative estimate of drug-likeness (QED) is 0.163. The number of rotatable bonds is 8. The molecule has 0 atom stereocenters. The zero-order valence-electron chi connectivity index (χ0n) is 27.9. The van der Waals surface area contributed by atoms with Crippen LogP contribution in [0.25, 0.3) is 44.2 Å². The highest BCUT2D eigenvalue weighted by Crippen LogP contribution is 2.39. The minimum atomic E-state index is 0.888. The van der Waals surface area contributed by atoms with Gasteiger partial charge in [-0.1, -0.05) is 109 Å². The van der Waals surface area contributed by atoms with Crippen LogP contribution in [0.1, 0.15) is 0 Å². The van der Waals surface area contributed by atoms with E-state index in [0.717, 1.165) is 78.3 Å². The van der Waals surface area contributed by atoms with Crippen molar-refractivity contribution >= 4 is 56.1 Å². The lowest BCUT2D eigenvalue weighted by Gasteiger charge is -2.25. The van der Waals surface area contributed by atoms with Gasteiger partial charge >= 0.3 is 0 Å². The van der Waals surface area contributed by atoms with Gasteiger partial charge in [-0.15, -0.1) is 0 Å². The van der Waals surface area contributed by atoms with Crippen molar-refractivity contribution in [2.45, 2.75) is 0 Å². The van der Waals surface area contributed by atoms with E-state index < -0.39 is 0 Å². The van der Waals surface area contributed by atoms with Gasteiger partial charge in [0.05, 0.1) is 0 Å². The summed E-state index contributed by atoms with van der Waals surface area (Å²) in [6, 6.07) is 72.6. The number of hydrogen-bond donors (Lipinski definition) is 0. The summed E-state index contributed by atoms with van der Waals surface area (Å²) in [5.74, 6) is 0. The molecule has 1 aromatic heterocycles. The van der Waals surface area contributed by atoms with Crippen molar-refractivity contribution < 1.29 is 4.42 Å². The second-order valence-corrected chi connectivity index (χ2v) is 12.6. The average molecular weight is 655 g/mol. The molecule has 9 rings (SSSR count). The largest absolute Gasteiger partial charge is 0.456 e. The first-order chi connectivity index (χ1) is 25.3. The summed E-state index contributed by atoms with van der Waals surface area (Å²) in [7, 11) is 0. The standard InChI is InChI=1S/C48H34N2O/c1-5-13-39(14-6-1)49(40-15-7-2-8-16-40)43-27-21-35(22-28-43)37-25-31-47-45(33-37)46-34-38(26-32-48(46)51-47)36-23-29-44(30-24-36)50(41-17-9-3-10-18-41)42-19-11-4-12-20-42/h1-34H. The number of para-hydroxylation sites is 4. The summed E-state index contributed by atoms with van der Waals surface area (Å²) in [5, 5.41) is 2.22. The number of hydrogen-bond acceptors (Lipinski definition) is 3. The van der Waals surface area contributed by atoms with E-state index in [1.54, 1.807) is 0 Å². The Kier molecular flexibility index (Phi) is 7.84. The van der Waals surface area contributed by atoms with Gasteiger partial charge in [-0.05, 0) is 119 Å². The molecule has 0 aliphatic heterocycles. The van der Waals surface area contributed by atoms with Crippen molar-refractivity contribution in [3.05, 3.63) is 206 Å². The summed E-state index contributed by atoms with van der Waals surface area (Å²) < 4.78 is 6.32. The molecule has 0 aliphatic carbocycles. The van der Waals surface area contributed by atoms with Crippen LogP contribution < -0.4 is 9.80 Å². The van der Waals surface area contributed by atoms with E-state index in [9.17, 15) is 0 Å². The van der Waals surface area contributed by atoms with Crippen LogP contribution in [-0.2, 0) is 0 Å². The van der Waals surface area contributed by atoms with Crippen LogP contribution in [-0.4, -0.2) is 0 Å². The molecule has 0 spiro atoms. The molecule has 0 amide bonds. The normalized spacial score (nSPS) is 11.1. The van der Waals surface area contributed by atoms with Crippen LogP contribution in [0.4, 0.5) is 34.1 Å². The van der Waals surface area contributed by atoms with Crippen LogP contribution >= 0.6 is 0 Å². The van der Waals surface area contributed by atoms with Gasteiger partial charge < -0.3 is 14.2 Å². The molecule has 0 N–H and O–H groups in total. The minimum absolute atomic E-state index is 0.888. The maximum absolute atomic E-state index is 6.32. The first-order valence-corrected chi connectivity index (χ1v) is 17.3. The highest BCUT2D eigenvalue weighted by atomic mass is 16.3. The predicted octanol–water partition coefficient (Wildman–Crippen LogP) is 13.9. The molecule has 0 saturated heterocycles. The molecular formula is C48H34N2O. The molecule has 0 radical (unpaired) electrons. The van der Waals surface area contributed by atoms with Gasteiger partial charge in [0.1, 0.15) is 11.2 Å². The maximum atomic E-state index is 6.32. The molecule has 0 aliphatic rings. The highest BCUT2D eigenvalue weighted by Gasteiger charge is 2.15. The molecular weight excluding hydrogens is 621 g/mol. The van der Waals surface area contributed by atoms with Gasteiger partial charge in [0.25, 0.3) is 0 Å². The second kappa shape index (κ2) is 13.2. The number of furan rings is 1. The Labute approximate surface area is 297 Å². The number of nitrogens with zero attached hydrogens (tertiary/aromatic N) is 2. The van der Waals surface area contributed by atoms with Gasteiger partial charge in [-0.3, -0.25) is 0 Å². The first-order valence-electron chi connectivity index (χ1n) is 17.3. The minimum Gasteiger partial charge on any atom is -0.456 e. The van der Waals surface area contributed by atoms with E-state index in [2.05, 4.69) is 216 Å². The number of anilines is 6. The van der Waals surface area contributed by atoms with Gasteiger partial charge in [-0.25, -0.2) is 0 Å². The fourth-order valence-corrected chi connectivity index (χ4v) is 6.95. The second-order valence-electron chi connectivity index (χ2n) is 12.6. The van der Waals surface area contributed by atoms with Crippen LogP contribution in [0.5, 0.6) is 0 Å². The Morgan fingerprint density at radius 1 is 0.255 bits per heavy atom. The van der Waals surface area contributed by atoms with E-state index in [4.69, 9.17) is 4.42 Å². The number of benzene rings is 8. The first kappa shape index (κ1) is 30.2. The molecule has 0 fully saturated rings. The van der Waals surface area contributed by atoms with Crippen molar-refractivity contribution in [3.8, 4) is 22.3 Å². The highest BCUT2D eigenvalue weighted by molar-refractivity contribution is 6.07. The molecule has 51 heavy (non-hydrogen) atoms. The van der Waals surface area contributed by atoms with E-state index in [0.29, 0.717) is 0 Å². The van der Waals surface area contributed by atoms with E-state index in [1.807, 2.05) is 0 Å². The zero-order chi connectivity index (χ0) is 34.0. The van der Waals surface area contributed by atoms with Crippen LogP contribution in [0.3, 0.4) is 0 Å². The molecule has 3 heteroatoms. The third-order valence-electron chi connectivity index (χ3n) is 9.44. The van der Waals surface area contributed by atoms with Crippen molar-refractivity contribution in [1.82, 2.24) is 0 Å². The Hall–Kier alpha value is -6.84. The Morgan fingerprint density at radius 2 is 0.529 bits per heavy atom. The Bertz CT molecular complexity index is 2280. The SMILES string of the molecule is c1ccc(N(c2ccccc2)c2ccc(-c3ccc4oc5ccc(-c6ccc(N(c7ccccc7)c7ccccc7)cc6)cc5c4c3)cc2)cc1. The topological polar surface area (TPSA) is 19.6 Å². The van der Waals surface area contributed by atoms with Gasteiger partial charge in [-0.2, -0.15) is 0 Å². The van der Waals surface area contributed by atoms with Crippen molar-refractivity contribution in [1.29, 1.82) is 0 Å². The third-order valence-corrected chi connectivity index (χ3v) is 9.44. The number of fused-ring (bicyclic) bond motifs is 3. The Balaban J connectivity index is 1.04.